The summed E-state index contributed by atoms with van der Waals surface area (Å²) in [7, 11) is 1.86. The van der Waals surface area contributed by atoms with Crippen molar-refractivity contribution >= 4 is 34.8 Å². The molecule has 1 aliphatic rings. The van der Waals surface area contributed by atoms with Gasteiger partial charge in [-0.15, -0.1) is 11.8 Å². The summed E-state index contributed by atoms with van der Waals surface area (Å²) >= 11 is 7.18. The molecule has 86 valence electrons. The average molecular weight is 253 g/mol. The van der Waals surface area contributed by atoms with E-state index in [4.69, 9.17) is 18.0 Å². The SMILES string of the molecule is CNC(=S)N1CCSC1c1ccccc1N. The van der Waals surface area contributed by atoms with Gasteiger partial charge in [-0.2, -0.15) is 0 Å². The zero-order valence-electron chi connectivity index (χ0n) is 9.14. The van der Waals surface area contributed by atoms with Crippen molar-refractivity contribution in [2.75, 3.05) is 25.1 Å². The van der Waals surface area contributed by atoms with Crippen molar-refractivity contribution in [1.29, 1.82) is 0 Å². The molecule has 1 heterocycles. The van der Waals surface area contributed by atoms with Crippen LogP contribution in [-0.4, -0.2) is 29.4 Å². The Balaban J connectivity index is 2.27. The van der Waals surface area contributed by atoms with E-state index in [1.165, 1.54) is 0 Å². The lowest BCUT2D eigenvalue weighted by molar-refractivity contribution is 0.447. The molecule has 0 spiro atoms. The third-order valence-electron chi connectivity index (χ3n) is 2.63. The zero-order chi connectivity index (χ0) is 11.5. The van der Waals surface area contributed by atoms with Crippen LogP contribution in [0.25, 0.3) is 0 Å². The van der Waals surface area contributed by atoms with Crippen molar-refractivity contribution < 1.29 is 0 Å². The number of thioether (sulfide) groups is 1. The van der Waals surface area contributed by atoms with Crippen LogP contribution in [0.1, 0.15) is 10.9 Å². The molecule has 3 N–H and O–H groups in total. The van der Waals surface area contributed by atoms with Crippen molar-refractivity contribution in [3.05, 3.63) is 29.8 Å². The predicted molar refractivity (Wildman–Crippen MR) is 74.4 cm³/mol. The first-order chi connectivity index (χ1) is 7.74. The van der Waals surface area contributed by atoms with Crippen molar-refractivity contribution in [3.63, 3.8) is 0 Å². The number of nitrogens with one attached hydrogen (secondary N) is 1. The number of nitrogens with zero attached hydrogens (tertiary/aromatic N) is 1. The second-order valence-electron chi connectivity index (χ2n) is 3.60. The first kappa shape index (κ1) is 11.5. The summed E-state index contributed by atoms with van der Waals surface area (Å²) in [4.78, 5) is 2.19. The molecule has 1 saturated heterocycles. The van der Waals surface area contributed by atoms with E-state index >= 15 is 0 Å². The number of nitrogen functional groups attached to an aromatic ring is 1. The van der Waals surface area contributed by atoms with Gasteiger partial charge in [0.05, 0.1) is 0 Å². The highest BCUT2D eigenvalue weighted by Gasteiger charge is 2.29. The maximum absolute atomic E-state index is 6.00. The Bertz CT molecular complexity index is 395. The van der Waals surface area contributed by atoms with Crippen molar-refractivity contribution in [2.45, 2.75) is 5.37 Å². The molecule has 2 rings (SSSR count). The first-order valence-corrected chi connectivity index (χ1v) is 6.64. The number of para-hydroxylation sites is 1. The van der Waals surface area contributed by atoms with Gasteiger partial charge in [0.2, 0.25) is 0 Å². The van der Waals surface area contributed by atoms with Gasteiger partial charge in [-0.1, -0.05) is 18.2 Å². The van der Waals surface area contributed by atoms with Crippen LogP contribution in [0.4, 0.5) is 5.69 Å². The number of anilines is 1. The molecular formula is C11H15N3S2. The molecule has 5 heteroatoms. The minimum atomic E-state index is 0.251. The second-order valence-corrected chi connectivity index (χ2v) is 5.18. The number of nitrogens with two attached hydrogens (primary N) is 1. The standard InChI is InChI=1S/C11H15N3S2/c1-13-11(15)14-6-7-16-10(14)8-4-2-3-5-9(8)12/h2-5,10H,6-7,12H2,1H3,(H,13,15). The molecule has 0 radical (unpaired) electrons. The van der Waals surface area contributed by atoms with Crippen molar-refractivity contribution in [1.82, 2.24) is 10.2 Å². The lowest BCUT2D eigenvalue weighted by Crippen LogP contribution is -2.37. The minimum Gasteiger partial charge on any atom is -0.398 e. The molecule has 1 aliphatic heterocycles. The summed E-state index contributed by atoms with van der Waals surface area (Å²) < 4.78 is 0. The third-order valence-corrected chi connectivity index (χ3v) is 4.31. The van der Waals surface area contributed by atoms with Crippen LogP contribution in [0, 0.1) is 0 Å². The lowest BCUT2D eigenvalue weighted by Gasteiger charge is -2.26. The average Bonchev–Trinajstić information content (AvgIpc) is 2.77. The summed E-state index contributed by atoms with van der Waals surface area (Å²) in [6, 6.07) is 7.99. The Morgan fingerprint density at radius 2 is 2.31 bits per heavy atom. The topological polar surface area (TPSA) is 41.3 Å². The molecule has 0 aromatic heterocycles. The van der Waals surface area contributed by atoms with E-state index < -0.39 is 0 Å². The molecule has 1 aromatic rings. The smallest absolute Gasteiger partial charge is 0.169 e. The summed E-state index contributed by atoms with van der Waals surface area (Å²) in [5.74, 6) is 1.08. The third kappa shape index (κ3) is 2.10. The normalized spacial score (nSPS) is 19.8. The minimum absolute atomic E-state index is 0.251. The van der Waals surface area contributed by atoms with Crippen LogP contribution in [-0.2, 0) is 0 Å². The number of benzene rings is 1. The summed E-state index contributed by atoms with van der Waals surface area (Å²) in [6.07, 6.45) is 0. The van der Waals surface area contributed by atoms with Gasteiger partial charge in [-0.05, 0) is 18.3 Å². The van der Waals surface area contributed by atoms with Crippen molar-refractivity contribution in [3.8, 4) is 0 Å². The first-order valence-electron chi connectivity index (χ1n) is 5.18. The monoisotopic (exact) mass is 253 g/mol. The highest BCUT2D eigenvalue weighted by atomic mass is 32.2. The van der Waals surface area contributed by atoms with Crippen LogP contribution < -0.4 is 11.1 Å². The Hall–Kier alpha value is -0.940. The predicted octanol–water partition coefficient (Wildman–Crippen LogP) is 1.82. The van der Waals surface area contributed by atoms with Crippen LogP contribution >= 0.6 is 24.0 Å². The van der Waals surface area contributed by atoms with E-state index in [1.54, 1.807) is 0 Å². The highest BCUT2D eigenvalue weighted by molar-refractivity contribution is 7.99. The van der Waals surface area contributed by atoms with Gasteiger partial charge in [0.1, 0.15) is 5.37 Å². The van der Waals surface area contributed by atoms with Gasteiger partial charge in [0.25, 0.3) is 0 Å². The number of thiocarbonyl (C=S) groups is 1. The zero-order valence-corrected chi connectivity index (χ0v) is 10.8. The molecule has 0 saturated carbocycles. The fraction of sp³-hybridized carbons (Fsp3) is 0.364. The number of hydrogen-bond donors (Lipinski definition) is 2. The van der Waals surface area contributed by atoms with Gasteiger partial charge in [-0.25, -0.2) is 0 Å². The van der Waals surface area contributed by atoms with Gasteiger partial charge >= 0.3 is 0 Å². The Morgan fingerprint density at radius 3 is 3.00 bits per heavy atom. The maximum Gasteiger partial charge on any atom is 0.169 e. The summed E-state index contributed by atoms with van der Waals surface area (Å²) in [6.45, 7) is 0.976. The molecule has 16 heavy (non-hydrogen) atoms. The molecule has 1 fully saturated rings. The molecule has 3 nitrogen and oxygen atoms in total. The van der Waals surface area contributed by atoms with Crippen LogP contribution in [0.15, 0.2) is 24.3 Å². The number of hydrogen-bond acceptors (Lipinski definition) is 3. The Labute approximate surface area is 105 Å². The van der Waals surface area contributed by atoms with Crippen molar-refractivity contribution in [2.24, 2.45) is 0 Å². The van der Waals surface area contributed by atoms with E-state index in [1.807, 2.05) is 37.0 Å². The van der Waals surface area contributed by atoms with E-state index in [-0.39, 0.29) is 5.37 Å². The van der Waals surface area contributed by atoms with E-state index in [9.17, 15) is 0 Å². The second kappa shape index (κ2) is 4.93. The maximum atomic E-state index is 6.00. The quantitative estimate of drug-likeness (QED) is 0.590. The largest absolute Gasteiger partial charge is 0.398 e. The van der Waals surface area contributed by atoms with Gasteiger partial charge in [0.15, 0.2) is 5.11 Å². The number of rotatable bonds is 1. The summed E-state index contributed by atoms with van der Waals surface area (Å²) in [5.41, 5.74) is 7.99. The molecule has 1 unspecified atom stereocenters. The van der Waals surface area contributed by atoms with E-state index in [2.05, 4.69) is 16.3 Å². The Morgan fingerprint density at radius 1 is 1.56 bits per heavy atom. The molecule has 0 aliphatic carbocycles. The van der Waals surface area contributed by atoms with Crippen LogP contribution in [0.2, 0.25) is 0 Å². The van der Waals surface area contributed by atoms with Crippen LogP contribution in [0.3, 0.4) is 0 Å². The van der Waals surface area contributed by atoms with Crippen LogP contribution in [0.5, 0.6) is 0 Å². The molecular weight excluding hydrogens is 238 g/mol. The highest BCUT2D eigenvalue weighted by Crippen LogP contribution is 2.39. The molecule has 0 bridgehead atoms. The van der Waals surface area contributed by atoms with Gasteiger partial charge in [-0.3, -0.25) is 0 Å². The van der Waals surface area contributed by atoms with E-state index in [0.29, 0.717) is 0 Å². The Kier molecular flexibility index (Phi) is 3.56. The fourth-order valence-electron chi connectivity index (χ4n) is 1.82. The molecule has 1 atom stereocenters. The van der Waals surface area contributed by atoms with Gasteiger partial charge < -0.3 is 16.0 Å². The fourth-order valence-corrected chi connectivity index (χ4v) is 3.39. The van der Waals surface area contributed by atoms with E-state index in [0.717, 1.165) is 28.7 Å². The molecule has 0 amide bonds. The lowest BCUT2D eigenvalue weighted by atomic mass is 10.1. The summed E-state index contributed by atoms with van der Waals surface area (Å²) in [5, 5.41) is 4.07. The van der Waals surface area contributed by atoms with Gasteiger partial charge in [0, 0.05) is 30.6 Å². The molecule has 1 aromatic carbocycles.